The van der Waals surface area contributed by atoms with E-state index in [2.05, 4.69) is 15.3 Å². The number of nitrogens with one attached hydrogen (secondary N) is 3. The number of rotatable bonds is 3. The van der Waals surface area contributed by atoms with Crippen molar-refractivity contribution in [1.29, 1.82) is 0 Å². The van der Waals surface area contributed by atoms with Crippen molar-refractivity contribution in [3.8, 4) is 0 Å². The highest BCUT2D eigenvalue weighted by Crippen LogP contribution is 2.41. The maximum atomic E-state index is 12.6. The molecule has 1 aromatic carbocycles. The SMILES string of the molecule is CCOC(=O)C1=C(C)Nc2[nH]c(=S)[nH]c(=O)c2[C@H]1c1ccccc1Cl. The molecule has 2 heterocycles. The predicted octanol–water partition coefficient (Wildman–Crippen LogP) is 3.48. The summed E-state index contributed by atoms with van der Waals surface area (Å²) >= 11 is 11.4. The van der Waals surface area contributed by atoms with E-state index in [1.807, 2.05) is 0 Å². The molecule has 0 bridgehead atoms. The number of carbonyl (C=O) groups is 1. The summed E-state index contributed by atoms with van der Waals surface area (Å²) in [5.74, 6) is -0.714. The van der Waals surface area contributed by atoms with Crippen molar-refractivity contribution >= 4 is 35.6 Å². The van der Waals surface area contributed by atoms with Gasteiger partial charge in [-0.15, -0.1) is 0 Å². The third-order valence-corrected chi connectivity index (χ3v) is 4.53. The van der Waals surface area contributed by atoms with E-state index in [9.17, 15) is 9.59 Å². The molecule has 8 heteroatoms. The third kappa shape index (κ3) is 3.12. The number of allylic oxidation sites excluding steroid dienone is 1. The molecule has 6 nitrogen and oxygen atoms in total. The monoisotopic (exact) mass is 377 g/mol. The highest BCUT2D eigenvalue weighted by atomic mass is 35.5. The molecule has 0 unspecified atom stereocenters. The summed E-state index contributed by atoms with van der Waals surface area (Å²) in [6.45, 7) is 3.70. The zero-order valence-electron chi connectivity index (χ0n) is 13.6. The highest BCUT2D eigenvalue weighted by Gasteiger charge is 2.36. The Morgan fingerprint density at radius 3 is 2.72 bits per heavy atom. The average Bonchev–Trinajstić information content (AvgIpc) is 2.53. The van der Waals surface area contributed by atoms with E-state index in [-0.39, 0.29) is 16.9 Å². The lowest BCUT2D eigenvalue weighted by molar-refractivity contribution is -0.138. The molecule has 1 atom stereocenters. The maximum absolute atomic E-state index is 12.6. The lowest BCUT2D eigenvalue weighted by Gasteiger charge is -2.29. The molecule has 0 radical (unpaired) electrons. The molecule has 1 aromatic heterocycles. The second-order valence-corrected chi connectivity index (χ2v) is 6.35. The van der Waals surface area contributed by atoms with Crippen LogP contribution in [0.25, 0.3) is 0 Å². The molecule has 2 aromatic rings. The fourth-order valence-electron chi connectivity index (χ4n) is 2.99. The van der Waals surface area contributed by atoms with Crippen LogP contribution >= 0.6 is 23.8 Å². The molecular weight excluding hydrogens is 362 g/mol. The summed E-state index contributed by atoms with van der Waals surface area (Å²) in [6, 6.07) is 7.10. The molecule has 130 valence electrons. The zero-order valence-corrected chi connectivity index (χ0v) is 15.2. The number of aromatic nitrogens is 2. The second-order valence-electron chi connectivity index (χ2n) is 5.54. The van der Waals surface area contributed by atoms with Gasteiger partial charge < -0.3 is 15.0 Å². The lowest BCUT2D eigenvalue weighted by atomic mass is 9.82. The van der Waals surface area contributed by atoms with Crippen molar-refractivity contribution < 1.29 is 9.53 Å². The van der Waals surface area contributed by atoms with Gasteiger partial charge in [-0.2, -0.15) is 0 Å². The highest BCUT2D eigenvalue weighted by molar-refractivity contribution is 7.71. The molecule has 0 saturated carbocycles. The van der Waals surface area contributed by atoms with Crippen LogP contribution in [0.15, 0.2) is 40.3 Å². The molecule has 0 aliphatic carbocycles. The normalized spacial score (nSPS) is 16.2. The zero-order chi connectivity index (χ0) is 18.1. The summed E-state index contributed by atoms with van der Waals surface area (Å²) < 4.78 is 5.39. The van der Waals surface area contributed by atoms with Crippen LogP contribution in [0.3, 0.4) is 0 Å². The largest absolute Gasteiger partial charge is 0.463 e. The van der Waals surface area contributed by atoms with Crippen molar-refractivity contribution in [3.63, 3.8) is 0 Å². The van der Waals surface area contributed by atoms with Gasteiger partial charge in [-0.3, -0.25) is 9.78 Å². The Bertz CT molecular complexity index is 993. The number of hydrogen-bond donors (Lipinski definition) is 3. The number of hydrogen-bond acceptors (Lipinski definition) is 5. The number of carbonyl (C=O) groups excluding carboxylic acids is 1. The number of benzene rings is 1. The lowest BCUT2D eigenvalue weighted by Crippen LogP contribution is -2.31. The first-order chi connectivity index (χ1) is 11.9. The van der Waals surface area contributed by atoms with Gasteiger partial charge in [0, 0.05) is 10.7 Å². The van der Waals surface area contributed by atoms with Crippen LogP contribution in [-0.4, -0.2) is 22.5 Å². The summed E-state index contributed by atoms with van der Waals surface area (Å²) in [5, 5.41) is 3.50. The fraction of sp³-hybridized carbons (Fsp3) is 0.235. The summed E-state index contributed by atoms with van der Waals surface area (Å²) in [7, 11) is 0. The van der Waals surface area contributed by atoms with Crippen molar-refractivity contribution in [1.82, 2.24) is 9.97 Å². The van der Waals surface area contributed by atoms with E-state index in [0.717, 1.165) is 0 Å². The molecule has 1 aliphatic rings. The standard InChI is InChI=1S/C17H16ClN3O3S/c1-3-24-16(23)11-8(2)19-14-13(15(22)21-17(25)20-14)12(11)9-6-4-5-7-10(9)18/h4-7,12H,3H2,1-2H3,(H3,19,20,21,22,25)/t12-/m0/s1. The van der Waals surface area contributed by atoms with Gasteiger partial charge in [0.15, 0.2) is 4.77 Å². The molecule has 3 rings (SSSR count). The molecule has 0 fully saturated rings. The Morgan fingerprint density at radius 2 is 2.04 bits per heavy atom. The fourth-order valence-corrected chi connectivity index (χ4v) is 3.43. The number of H-pyrrole nitrogens is 2. The first kappa shape index (κ1) is 17.4. The minimum Gasteiger partial charge on any atom is -0.463 e. The summed E-state index contributed by atoms with van der Waals surface area (Å²) in [5.41, 5.74) is 1.52. The minimum atomic E-state index is -0.667. The van der Waals surface area contributed by atoms with Crippen LogP contribution < -0.4 is 10.9 Å². The van der Waals surface area contributed by atoms with Crippen LogP contribution in [0.1, 0.15) is 30.9 Å². The van der Waals surface area contributed by atoms with Crippen LogP contribution in [0.5, 0.6) is 0 Å². The first-order valence-corrected chi connectivity index (χ1v) is 8.48. The van der Waals surface area contributed by atoms with Crippen molar-refractivity contribution in [2.75, 3.05) is 11.9 Å². The smallest absolute Gasteiger partial charge is 0.336 e. The van der Waals surface area contributed by atoms with Gasteiger partial charge in [-0.05, 0) is 37.7 Å². The van der Waals surface area contributed by atoms with E-state index >= 15 is 0 Å². The average molecular weight is 378 g/mol. The number of halogens is 1. The number of esters is 1. The van der Waals surface area contributed by atoms with Crippen molar-refractivity contribution in [2.24, 2.45) is 0 Å². The van der Waals surface area contributed by atoms with E-state index in [0.29, 0.717) is 33.2 Å². The Hall–Kier alpha value is -2.38. The Morgan fingerprint density at radius 1 is 1.32 bits per heavy atom. The number of fused-ring (bicyclic) bond motifs is 1. The summed E-state index contributed by atoms with van der Waals surface area (Å²) in [4.78, 5) is 30.7. The van der Waals surface area contributed by atoms with Crippen molar-refractivity contribution in [3.05, 3.63) is 66.8 Å². The Balaban J connectivity index is 2.32. The molecule has 0 saturated heterocycles. The van der Waals surface area contributed by atoms with Crippen LogP contribution in [0.2, 0.25) is 5.02 Å². The predicted molar refractivity (Wildman–Crippen MR) is 98.5 cm³/mol. The quantitative estimate of drug-likeness (QED) is 0.563. The van der Waals surface area contributed by atoms with Gasteiger partial charge in [0.1, 0.15) is 5.82 Å². The van der Waals surface area contributed by atoms with E-state index in [1.54, 1.807) is 38.1 Å². The van der Waals surface area contributed by atoms with E-state index in [1.165, 1.54) is 0 Å². The number of anilines is 1. The molecule has 25 heavy (non-hydrogen) atoms. The minimum absolute atomic E-state index is 0.196. The maximum Gasteiger partial charge on any atom is 0.336 e. The third-order valence-electron chi connectivity index (χ3n) is 3.98. The second kappa shape index (κ2) is 6.85. The van der Waals surface area contributed by atoms with Crippen molar-refractivity contribution in [2.45, 2.75) is 19.8 Å². The number of ether oxygens (including phenoxy) is 1. The van der Waals surface area contributed by atoms with Crippen LogP contribution in [0, 0.1) is 4.77 Å². The van der Waals surface area contributed by atoms with E-state index < -0.39 is 11.9 Å². The molecule has 1 aliphatic heterocycles. The Kier molecular flexibility index (Phi) is 4.78. The van der Waals surface area contributed by atoms with Gasteiger partial charge in [-0.25, -0.2) is 4.79 Å². The van der Waals surface area contributed by atoms with Gasteiger partial charge in [0.2, 0.25) is 0 Å². The van der Waals surface area contributed by atoms with Crippen LogP contribution in [-0.2, 0) is 9.53 Å². The number of aromatic amines is 2. The van der Waals surface area contributed by atoms with Gasteiger partial charge in [-0.1, -0.05) is 29.8 Å². The van der Waals surface area contributed by atoms with E-state index in [4.69, 9.17) is 28.6 Å². The first-order valence-electron chi connectivity index (χ1n) is 7.69. The van der Waals surface area contributed by atoms with Gasteiger partial charge >= 0.3 is 5.97 Å². The molecule has 0 spiro atoms. The van der Waals surface area contributed by atoms with Gasteiger partial charge in [0.25, 0.3) is 5.56 Å². The topological polar surface area (TPSA) is 87.0 Å². The van der Waals surface area contributed by atoms with Gasteiger partial charge in [0.05, 0.1) is 23.7 Å². The molecule has 3 N–H and O–H groups in total. The summed E-state index contributed by atoms with van der Waals surface area (Å²) in [6.07, 6.45) is 0. The van der Waals surface area contributed by atoms with Crippen LogP contribution in [0.4, 0.5) is 5.82 Å². The molecular formula is C17H16ClN3O3S. The molecule has 0 amide bonds. The Labute approximate surface area is 153 Å².